The largest absolute Gasteiger partial charge is 0.416 e. The smallest absolute Gasteiger partial charge is 0.355 e. The SMILES string of the molecule is CC(C)n1c(CCNC(=O)Cc2ccc(C(F)(F)F)cc2)n[nH]c1=S. The number of alkyl halides is 3. The fourth-order valence-corrected chi connectivity index (χ4v) is 2.78. The molecule has 0 radical (unpaired) electrons. The number of benzene rings is 1. The highest BCUT2D eigenvalue weighted by atomic mass is 32.1. The van der Waals surface area contributed by atoms with Gasteiger partial charge in [0.2, 0.25) is 5.91 Å². The van der Waals surface area contributed by atoms with Gasteiger partial charge in [0.1, 0.15) is 5.82 Å². The molecular formula is C16H19F3N4OS. The summed E-state index contributed by atoms with van der Waals surface area (Å²) in [6.07, 6.45) is -3.85. The standard InChI is InChI=1S/C16H19F3N4OS/c1-10(2)23-13(21-22-15(23)25)7-8-20-14(24)9-11-3-5-12(6-4-11)16(17,18)19/h3-6,10H,7-9H2,1-2H3,(H,20,24)(H,22,25). The van der Waals surface area contributed by atoms with Gasteiger partial charge in [0.05, 0.1) is 12.0 Å². The highest BCUT2D eigenvalue weighted by Crippen LogP contribution is 2.29. The number of H-pyrrole nitrogens is 1. The maximum absolute atomic E-state index is 12.5. The van der Waals surface area contributed by atoms with Gasteiger partial charge in [0.25, 0.3) is 0 Å². The summed E-state index contributed by atoms with van der Waals surface area (Å²) in [7, 11) is 0. The van der Waals surface area contributed by atoms with Crippen molar-refractivity contribution in [3.05, 3.63) is 46.0 Å². The molecule has 25 heavy (non-hydrogen) atoms. The normalized spacial score (nSPS) is 11.8. The zero-order chi connectivity index (χ0) is 18.6. The first kappa shape index (κ1) is 19.2. The minimum atomic E-state index is -4.38. The second-order valence-corrected chi connectivity index (χ2v) is 6.27. The van der Waals surface area contributed by atoms with Crippen molar-refractivity contribution in [2.75, 3.05) is 6.54 Å². The van der Waals surface area contributed by atoms with E-state index < -0.39 is 11.7 Å². The van der Waals surface area contributed by atoms with Gasteiger partial charge in [-0.15, -0.1) is 0 Å². The minimum absolute atomic E-state index is 0.0230. The van der Waals surface area contributed by atoms with E-state index in [-0.39, 0.29) is 18.4 Å². The Bertz CT molecular complexity index is 778. The number of aromatic nitrogens is 3. The van der Waals surface area contributed by atoms with Crippen LogP contribution in [0.2, 0.25) is 0 Å². The van der Waals surface area contributed by atoms with Gasteiger partial charge >= 0.3 is 6.18 Å². The van der Waals surface area contributed by atoms with Crippen LogP contribution in [-0.2, 0) is 23.8 Å². The van der Waals surface area contributed by atoms with Crippen molar-refractivity contribution in [3.63, 3.8) is 0 Å². The van der Waals surface area contributed by atoms with E-state index in [1.165, 1.54) is 12.1 Å². The van der Waals surface area contributed by atoms with Crippen LogP contribution in [0, 0.1) is 4.77 Å². The van der Waals surface area contributed by atoms with E-state index in [0.29, 0.717) is 23.3 Å². The van der Waals surface area contributed by atoms with Gasteiger partial charge in [-0.2, -0.15) is 18.3 Å². The van der Waals surface area contributed by atoms with Gasteiger partial charge < -0.3 is 9.88 Å². The highest BCUT2D eigenvalue weighted by Gasteiger charge is 2.29. The molecule has 0 fully saturated rings. The van der Waals surface area contributed by atoms with E-state index in [1.807, 2.05) is 18.4 Å². The molecule has 0 saturated carbocycles. The lowest BCUT2D eigenvalue weighted by Crippen LogP contribution is -2.28. The third-order valence-corrected chi connectivity index (χ3v) is 3.90. The maximum atomic E-state index is 12.5. The molecule has 0 aliphatic heterocycles. The summed E-state index contributed by atoms with van der Waals surface area (Å²) in [4.78, 5) is 11.9. The van der Waals surface area contributed by atoms with Gasteiger partial charge in [-0.05, 0) is 43.8 Å². The van der Waals surface area contributed by atoms with Crippen LogP contribution >= 0.6 is 12.2 Å². The van der Waals surface area contributed by atoms with Crippen LogP contribution in [0.5, 0.6) is 0 Å². The fraction of sp³-hybridized carbons (Fsp3) is 0.438. The van der Waals surface area contributed by atoms with Crippen LogP contribution in [0.4, 0.5) is 13.2 Å². The van der Waals surface area contributed by atoms with Crippen LogP contribution in [-0.4, -0.2) is 27.2 Å². The Balaban J connectivity index is 1.86. The first-order valence-electron chi connectivity index (χ1n) is 7.77. The average Bonchev–Trinajstić information content (AvgIpc) is 2.88. The van der Waals surface area contributed by atoms with E-state index in [2.05, 4.69) is 15.5 Å². The van der Waals surface area contributed by atoms with Crippen molar-refractivity contribution in [1.29, 1.82) is 0 Å². The summed E-state index contributed by atoms with van der Waals surface area (Å²) in [5.41, 5.74) is -0.205. The molecule has 5 nitrogen and oxygen atoms in total. The van der Waals surface area contributed by atoms with Gasteiger partial charge in [0, 0.05) is 19.0 Å². The van der Waals surface area contributed by atoms with Crippen molar-refractivity contribution in [2.24, 2.45) is 0 Å². The molecule has 9 heteroatoms. The molecule has 0 aliphatic carbocycles. The summed E-state index contributed by atoms with van der Waals surface area (Å²) in [5.74, 6) is 0.486. The van der Waals surface area contributed by atoms with Crippen LogP contribution in [0.1, 0.15) is 36.8 Å². The molecule has 1 amide bonds. The molecule has 0 aliphatic rings. The first-order chi connectivity index (χ1) is 11.7. The topological polar surface area (TPSA) is 62.7 Å². The van der Waals surface area contributed by atoms with Crippen LogP contribution in [0.3, 0.4) is 0 Å². The lowest BCUT2D eigenvalue weighted by molar-refractivity contribution is -0.137. The fourth-order valence-electron chi connectivity index (χ4n) is 2.42. The lowest BCUT2D eigenvalue weighted by Gasteiger charge is -2.11. The Morgan fingerprint density at radius 2 is 1.96 bits per heavy atom. The summed E-state index contributed by atoms with van der Waals surface area (Å²) in [6, 6.07) is 4.73. The maximum Gasteiger partial charge on any atom is 0.416 e. The second-order valence-electron chi connectivity index (χ2n) is 5.88. The Hall–Kier alpha value is -2.16. The number of hydrogen-bond donors (Lipinski definition) is 2. The lowest BCUT2D eigenvalue weighted by atomic mass is 10.1. The molecule has 1 aromatic heterocycles. The molecule has 0 unspecified atom stereocenters. The van der Waals surface area contributed by atoms with Crippen molar-refractivity contribution in [2.45, 2.75) is 38.9 Å². The molecule has 0 atom stereocenters. The van der Waals surface area contributed by atoms with Crippen LogP contribution in [0.25, 0.3) is 0 Å². The van der Waals surface area contributed by atoms with E-state index in [1.54, 1.807) is 0 Å². The molecule has 0 spiro atoms. The predicted molar refractivity (Wildman–Crippen MR) is 89.7 cm³/mol. The summed E-state index contributed by atoms with van der Waals surface area (Å²) >= 11 is 5.15. The van der Waals surface area contributed by atoms with Crippen molar-refractivity contribution < 1.29 is 18.0 Å². The van der Waals surface area contributed by atoms with Gasteiger partial charge in [0.15, 0.2) is 4.77 Å². The second kappa shape index (κ2) is 7.81. The van der Waals surface area contributed by atoms with Crippen LogP contribution < -0.4 is 5.32 Å². The highest BCUT2D eigenvalue weighted by molar-refractivity contribution is 7.71. The Morgan fingerprint density at radius 1 is 1.32 bits per heavy atom. The summed E-state index contributed by atoms with van der Waals surface area (Å²) in [6.45, 7) is 4.34. The number of carbonyl (C=O) groups is 1. The number of hydrogen-bond acceptors (Lipinski definition) is 3. The monoisotopic (exact) mass is 372 g/mol. The summed E-state index contributed by atoms with van der Waals surface area (Å²) < 4.78 is 39.9. The van der Waals surface area contributed by atoms with Crippen molar-refractivity contribution in [1.82, 2.24) is 20.1 Å². The van der Waals surface area contributed by atoms with E-state index in [9.17, 15) is 18.0 Å². The molecule has 136 valence electrons. The van der Waals surface area contributed by atoms with E-state index in [0.717, 1.165) is 18.0 Å². The van der Waals surface area contributed by atoms with Crippen molar-refractivity contribution in [3.8, 4) is 0 Å². The number of amides is 1. The Labute approximate surface area is 148 Å². The minimum Gasteiger partial charge on any atom is -0.355 e. The molecule has 2 rings (SSSR count). The Morgan fingerprint density at radius 3 is 2.52 bits per heavy atom. The number of nitrogens with zero attached hydrogens (tertiary/aromatic N) is 2. The third-order valence-electron chi connectivity index (χ3n) is 3.61. The predicted octanol–water partition coefficient (Wildman–Crippen LogP) is 3.44. The van der Waals surface area contributed by atoms with Gasteiger partial charge in [-0.3, -0.25) is 9.89 Å². The number of carbonyl (C=O) groups excluding carboxylic acids is 1. The molecule has 1 heterocycles. The zero-order valence-electron chi connectivity index (χ0n) is 13.9. The van der Waals surface area contributed by atoms with E-state index in [4.69, 9.17) is 12.2 Å². The van der Waals surface area contributed by atoms with Crippen molar-refractivity contribution >= 4 is 18.1 Å². The molecular weight excluding hydrogens is 353 g/mol. The molecule has 2 N–H and O–H groups in total. The number of halogens is 3. The van der Waals surface area contributed by atoms with Crippen LogP contribution in [0.15, 0.2) is 24.3 Å². The number of nitrogens with one attached hydrogen (secondary N) is 2. The number of rotatable bonds is 6. The Kier molecular flexibility index (Phi) is 5.99. The van der Waals surface area contributed by atoms with E-state index >= 15 is 0 Å². The molecule has 0 bridgehead atoms. The molecule has 0 saturated heterocycles. The summed E-state index contributed by atoms with van der Waals surface area (Å²) in [5, 5.41) is 9.60. The zero-order valence-corrected chi connectivity index (χ0v) is 14.7. The van der Waals surface area contributed by atoms with Gasteiger partial charge in [-0.1, -0.05) is 12.1 Å². The quantitative estimate of drug-likeness (QED) is 0.764. The van der Waals surface area contributed by atoms with Gasteiger partial charge in [-0.25, -0.2) is 0 Å². The third kappa shape index (κ3) is 5.15. The molecule has 1 aromatic carbocycles. The first-order valence-corrected chi connectivity index (χ1v) is 8.18. The average molecular weight is 372 g/mol. The number of aromatic amines is 1. The molecule has 2 aromatic rings.